The van der Waals surface area contributed by atoms with Gasteiger partial charge in [0.25, 0.3) is 5.91 Å². The predicted octanol–water partition coefficient (Wildman–Crippen LogP) is 2.48. The number of nitrogens with one attached hydrogen (secondary N) is 1. The Morgan fingerprint density at radius 3 is 2.48 bits per heavy atom. The number of aromatic nitrogens is 3. The molecule has 1 aliphatic heterocycles. The molecule has 7 heteroatoms. The van der Waals surface area contributed by atoms with Crippen LogP contribution in [-0.2, 0) is 6.42 Å². The zero-order valence-electron chi connectivity index (χ0n) is 16.5. The average molecular weight is 391 g/mol. The Morgan fingerprint density at radius 2 is 1.79 bits per heavy atom. The Bertz CT molecular complexity index is 931. The number of ether oxygens (including phenoxy) is 1. The van der Waals surface area contributed by atoms with Crippen LogP contribution < -0.4 is 4.74 Å². The molecule has 3 aromatic rings. The number of benzene rings is 1. The van der Waals surface area contributed by atoms with Crippen LogP contribution in [0.15, 0.2) is 54.9 Å². The summed E-state index contributed by atoms with van der Waals surface area (Å²) >= 11 is 0. The van der Waals surface area contributed by atoms with Gasteiger partial charge in [-0.25, -0.2) is 0 Å². The quantitative estimate of drug-likeness (QED) is 0.699. The van der Waals surface area contributed by atoms with Gasteiger partial charge in [0.2, 0.25) is 0 Å². The van der Waals surface area contributed by atoms with Gasteiger partial charge in [0, 0.05) is 50.7 Å². The number of methoxy groups -OCH3 is 1. The highest BCUT2D eigenvalue weighted by Crippen LogP contribution is 2.21. The molecule has 2 aromatic heterocycles. The van der Waals surface area contributed by atoms with E-state index in [0.717, 1.165) is 56.2 Å². The molecule has 0 spiro atoms. The minimum absolute atomic E-state index is 0.00560. The SMILES string of the molecule is COc1ccc(-c2cc(C(=O)N3CCN(CCc4ccncc4)CC3)[nH]n2)cc1. The van der Waals surface area contributed by atoms with E-state index in [1.165, 1.54) is 5.56 Å². The predicted molar refractivity (Wildman–Crippen MR) is 111 cm³/mol. The summed E-state index contributed by atoms with van der Waals surface area (Å²) in [7, 11) is 1.64. The number of carbonyl (C=O) groups excluding carboxylic acids is 1. The summed E-state index contributed by atoms with van der Waals surface area (Å²) in [5, 5.41) is 7.20. The molecule has 1 saturated heterocycles. The fraction of sp³-hybridized carbons (Fsp3) is 0.318. The van der Waals surface area contributed by atoms with Crippen LogP contribution in [0.25, 0.3) is 11.3 Å². The van der Waals surface area contributed by atoms with E-state index in [0.29, 0.717) is 5.69 Å². The first-order chi connectivity index (χ1) is 14.2. The van der Waals surface area contributed by atoms with Gasteiger partial charge in [0.05, 0.1) is 12.8 Å². The van der Waals surface area contributed by atoms with Gasteiger partial charge in [-0.2, -0.15) is 5.10 Å². The molecule has 0 aliphatic carbocycles. The molecular formula is C22H25N5O2. The van der Waals surface area contributed by atoms with E-state index in [1.54, 1.807) is 7.11 Å². The summed E-state index contributed by atoms with van der Waals surface area (Å²) in [5.41, 5.74) is 3.53. The first-order valence-corrected chi connectivity index (χ1v) is 9.83. The van der Waals surface area contributed by atoms with Crippen molar-refractivity contribution in [2.24, 2.45) is 0 Å². The van der Waals surface area contributed by atoms with Gasteiger partial charge in [-0.05, 0) is 54.4 Å². The van der Waals surface area contributed by atoms with Crippen molar-refractivity contribution in [1.82, 2.24) is 25.0 Å². The number of amides is 1. The van der Waals surface area contributed by atoms with Crippen molar-refractivity contribution >= 4 is 5.91 Å². The maximum absolute atomic E-state index is 12.8. The fourth-order valence-electron chi connectivity index (χ4n) is 3.52. The van der Waals surface area contributed by atoms with Crippen LogP contribution in [0.2, 0.25) is 0 Å². The Kier molecular flexibility index (Phi) is 5.86. The first kappa shape index (κ1) is 19.1. The first-order valence-electron chi connectivity index (χ1n) is 9.83. The largest absolute Gasteiger partial charge is 0.497 e. The van der Waals surface area contributed by atoms with E-state index < -0.39 is 0 Å². The van der Waals surface area contributed by atoms with Crippen LogP contribution in [0.5, 0.6) is 5.75 Å². The molecule has 1 amide bonds. The summed E-state index contributed by atoms with van der Waals surface area (Å²) in [5.74, 6) is 0.799. The van der Waals surface area contributed by atoms with E-state index in [9.17, 15) is 4.79 Å². The highest BCUT2D eigenvalue weighted by atomic mass is 16.5. The topological polar surface area (TPSA) is 74.3 Å². The molecule has 150 valence electrons. The maximum Gasteiger partial charge on any atom is 0.271 e. The average Bonchev–Trinajstić information content (AvgIpc) is 3.29. The zero-order valence-corrected chi connectivity index (χ0v) is 16.5. The number of H-pyrrole nitrogens is 1. The van der Waals surface area contributed by atoms with Crippen LogP contribution in [-0.4, -0.2) is 70.7 Å². The summed E-state index contributed by atoms with van der Waals surface area (Å²) < 4.78 is 5.18. The van der Waals surface area contributed by atoms with Gasteiger partial charge in [-0.3, -0.25) is 19.8 Å². The Morgan fingerprint density at radius 1 is 1.07 bits per heavy atom. The van der Waals surface area contributed by atoms with Crippen LogP contribution in [0.1, 0.15) is 16.1 Å². The van der Waals surface area contributed by atoms with Gasteiger partial charge < -0.3 is 9.64 Å². The van der Waals surface area contributed by atoms with Gasteiger partial charge in [0.15, 0.2) is 0 Å². The molecule has 1 fully saturated rings. The third-order valence-electron chi connectivity index (χ3n) is 5.32. The van der Waals surface area contributed by atoms with Crippen LogP contribution in [0, 0.1) is 0 Å². The summed E-state index contributed by atoms with van der Waals surface area (Å²) in [4.78, 5) is 21.2. The molecule has 0 saturated carbocycles. The highest BCUT2D eigenvalue weighted by Gasteiger charge is 2.23. The molecule has 29 heavy (non-hydrogen) atoms. The zero-order chi connectivity index (χ0) is 20.1. The van der Waals surface area contributed by atoms with Crippen LogP contribution >= 0.6 is 0 Å². The molecule has 0 atom stereocenters. The summed E-state index contributed by atoms with van der Waals surface area (Å²) in [6.45, 7) is 4.22. The van der Waals surface area contributed by atoms with Crippen molar-refractivity contribution in [3.8, 4) is 17.0 Å². The van der Waals surface area contributed by atoms with E-state index in [4.69, 9.17) is 4.74 Å². The van der Waals surface area contributed by atoms with Crippen molar-refractivity contribution < 1.29 is 9.53 Å². The Labute approximate surface area is 170 Å². The lowest BCUT2D eigenvalue weighted by molar-refractivity contribution is 0.0632. The molecule has 7 nitrogen and oxygen atoms in total. The van der Waals surface area contributed by atoms with E-state index in [2.05, 4.69) is 32.2 Å². The molecule has 1 aliphatic rings. The second-order valence-corrected chi connectivity index (χ2v) is 7.13. The molecule has 3 heterocycles. The summed E-state index contributed by atoms with van der Waals surface area (Å²) in [6.07, 6.45) is 4.66. The number of aromatic amines is 1. The van der Waals surface area contributed by atoms with Crippen molar-refractivity contribution in [3.63, 3.8) is 0 Å². The van der Waals surface area contributed by atoms with Crippen LogP contribution in [0.3, 0.4) is 0 Å². The van der Waals surface area contributed by atoms with Gasteiger partial charge in [-0.15, -0.1) is 0 Å². The standard InChI is InChI=1S/C22H25N5O2/c1-29-19-4-2-18(3-5-19)20-16-21(25-24-20)22(28)27-14-12-26(13-15-27)11-8-17-6-9-23-10-7-17/h2-7,9-10,16H,8,11-15H2,1H3,(H,24,25). The monoisotopic (exact) mass is 391 g/mol. The maximum atomic E-state index is 12.8. The number of nitrogens with zero attached hydrogens (tertiary/aromatic N) is 4. The number of carbonyl (C=O) groups is 1. The normalized spacial score (nSPS) is 14.7. The fourth-order valence-corrected chi connectivity index (χ4v) is 3.52. The molecule has 4 rings (SSSR count). The smallest absolute Gasteiger partial charge is 0.271 e. The number of piperazine rings is 1. The second-order valence-electron chi connectivity index (χ2n) is 7.13. The van der Waals surface area contributed by atoms with E-state index >= 15 is 0 Å². The van der Waals surface area contributed by atoms with Gasteiger partial charge in [-0.1, -0.05) is 0 Å². The molecule has 0 unspecified atom stereocenters. The minimum atomic E-state index is 0.00560. The lowest BCUT2D eigenvalue weighted by Gasteiger charge is -2.34. The van der Waals surface area contributed by atoms with Gasteiger partial charge in [0.1, 0.15) is 11.4 Å². The number of pyridine rings is 1. The molecule has 0 radical (unpaired) electrons. The van der Waals surface area contributed by atoms with Crippen molar-refractivity contribution in [2.75, 3.05) is 39.8 Å². The second kappa shape index (κ2) is 8.87. The van der Waals surface area contributed by atoms with Crippen molar-refractivity contribution in [1.29, 1.82) is 0 Å². The van der Waals surface area contributed by atoms with E-state index in [-0.39, 0.29) is 5.91 Å². The molecule has 0 bridgehead atoms. The molecule has 1 aromatic carbocycles. The Balaban J connectivity index is 1.31. The lowest BCUT2D eigenvalue weighted by Crippen LogP contribution is -2.49. The third kappa shape index (κ3) is 4.63. The van der Waals surface area contributed by atoms with Crippen LogP contribution in [0.4, 0.5) is 0 Å². The Hall–Kier alpha value is -3.19. The van der Waals surface area contributed by atoms with Crippen molar-refractivity contribution in [2.45, 2.75) is 6.42 Å². The van der Waals surface area contributed by atoms with Gasteiger partial charge >= 0.3 is 0 Å². The van der Waals surface area contributed by atoms with Crippen molar-refractivity contribution in [3.05, 3.63) is 66.1 Å². The number of hydrogen-bond acceptors (Lipinski definition) is 5. The number of rotatable bonds is 6. The third-order valence-corrected chi connectivity index (χ3v) is 5.32. The molecular weight excluding hydrogens is 366 g/mol. The lowest BCUT2D eigenvalue weighted by atomic mass is 10.1. The highest BCUT2D eigenvalue weighted by molar-refractivity contribution is 5.93. The molecule has 1 N–H and O–H groups in total. The minimum Gasteiger partial charge on any atom is -0.497 e. The number of hydrogen-bond donors (Lipinski definition) is 1. The van der Waals surface area contributed by atoms with E-state index in [1.807, 2.05) is 47.6 Å². The summed E-state index contributed by atoms with van der Waals surface area (Å²) in [6, 6.07) is 13.6.